The number of aryl methyl sites for hydroxylation is 2. The first-order valence-corrected chi connectivity index (χ1v) is 12.1. The zero-order chi connectivity index (χ0) is 23.7. The van der Waals surface area contributed by atoms with E-state index < -0.39 is 0 Å². The van der Waals surface area contributed by atoms with Crippen LogP contribution in [0.4, 0.5) is 4.79 Å². The number of benzene rings is 2. The second-order valence-corrected chi connectivity index (χ2v) is 8.83. The average Bonchev–Trinajstić information content (AvgIpc) is 3.45. The van der Waals surface area contributed by atoms with Crippen molar-refractivity contribution in [1.82, 2.24) is 24.6 Å². The maximum Gasteiger partial charge on any atom is 0.318 e. The number of hydrogen-bond donors (Lipinski definition) is 1. The van der Waals surface area contributed by atoms with Crippen LogP contribution in [-0.4, -0.2) is 31.8 Å². The van der Waals surface area contributed by atoms with Crippen LogP contribution in [0.15, 0.2) is 72.9 Å². The van der Waals surface area contributed by atoms with Gasteiger partial charge in [0.15, 0.2) is 0 Å². The van der Waals surface area contributed by atoms with E-state index in [4.69, 9.17) is 5.10 Å². The normalized spacial score (nSPS) is 14.9. The molecule has 1 aliphatic heterocycles. The van der Waals surface area contributed by atoms with Gasteiger partial charge in [0.05, 0.1) is 29.7 Å². The van der Waals surface area contributed by atoms with Crippen molar-refractivity contribution < 1.29 is 4.79 Å². The van der Waals surface area contributed by atoms with Crippen LogP contribution in [0.2, 0.25) is 0 Å². The van der Waals surface area contributed by atoms with Crippen molar-refractivity contribution >= 4 is 6.03 Å². The third kappa shape index (κ3) is 3.79. The number of nitrogens with one attached hydrogen (secondary N) is 1. The number of carbonyl (C=O) groups is 1. The van der Waals surface area contributed by atoms with Crippen molar-refractivity contribution in [1.29, 1.82) is 0 Å². The Kier molecular flexibility index (Phi) is 5.97. The van der Waals surface area contributed by atoms with Gasteiger partial charge in [0.2, 0.25) is 0 Å². The molecule has 2 aromatic carbocycles. The zero-order valence-corrected chi connectivity index (χ0v) is 20.0. The summed E-state index contributed by atoms with van der Waals surface area (Å²) in [5.41, 5.74) is 6.45. The van der Waals surface area contributed by atoms with Crippen LogP contribution < -0.4 is 5.32 Å². The van der Waals surface area contributed by atoms with Gasteiger partial charge < -0.3 is 14.8 Å². The summed E-state index contributed by atoms with van der Waals surface area (Å²) in [6.45, 7) is 7.42. The Morgan fingerprint density at radius 2 is 1.79 bits per heavy atom. The summed E-state index contributed by atoms with van der Waals surface area (Å²) in [6, 6.07) is 22.6. The van der Waals surface area contributed by atoms with Crippen molar-refractivity contribution in [3.05, 3.63) is 101 Å². The maximum absolute atomic E-state index is 13.6. The Bertz CT molecular complexity index is 1290. The second kappa shape index (κ2) is 9.21. The molecule has 0 unspecified atom stereocenters. The molecule has 0 fully saturated rings. The monoisotopic (exact) mass is 453 g/mol. The van der Waals surface area contributed by atoms with E-state index in [2.05, 4.69) is 85.4 Å². The van der Waals surface area contributed by atoms with Gasteiger partial charge in [-0.1, -0.05) is 61.9 Å². The van der Waals surface area contributed by atoms with Gasteiger partial charge in [-0.25, -0.2) is 9.48 Å². The lowest BCUT2D eigenvalue weighted by Crippen LogP contribution is -2.42. The standard InChI is InChI=1S/C28H31N5O/c1-4-17-29-28(34)32-19-23-24(5-2)30-33(22-10-7-6-8-11-22)27(23)31-18-9-12-25(31)26(32)21-15-13-20(3)14-16-21/h6-16,18,26H,4-5,17,19H2,1-3H3,(H,29,34)/t26-/m1/s1. The number of para-hydroxylation sites is 1. The largest absolute Gasteiger partial charge is 0.338 e. The fraction of sp³-hybridized carbons (Fsp3) is 0.286. The average molecular weight is 454 g/mol. The summed E-state index contributed by atoms with van der Waals surface area (Å²) in [7, 11) is 0. The fourth-order valence-corrected chi connectivity index (χ4v) is 4.78. The molecule has 4 aromatic rings. The molecule has 2 aromatic heterocycles. The molecule has 34 heavy (non-hydrogen) atoms. The third-order valence-corrected chi connectivity index (χ3v) is 6.48. The van der Waals surface area contributed by atoms with Crippen molar-refractivity contribution in [3.63, 3.8) is 0 Å². The Hall–Kier alpha value is -3.80. The van der Waals surface area contributed by atoms with Gasteiger partial charge >= 0.3 is 6.03 Å². The van der Waals surface area contributed by atoms with Crippen LogP contribution in [0.1, 0.15) is 54.4 Å². The Morgan fingerprint density at radius 3 is 2.50 bits per heavy atom. The minimum Gasteiger partial charge on any atom is -0.338 e. The first kappa shape index (κ1) is 22.0. The van der Waals surface area contributed by atoms with Gasteiger partial charge in [-0.15, -0.1) is 0 Å². The van der Waals surface area contributed by atoms with E-state index >= 15 is 0 Å². The quantitative estimate of drug-likeness (QED) is 0.430. The van der Waals surface area contributed by atoms with E-state index in [0.29, 0.717) is 13.1 Å². The molecule has 174 valence electrons. The Labute approximate surface area is 200 Å². The lowest BCUT2D eigenvalue weighted by atomic mass is 10.0. The van der Waals surface area contributed by atoms with Crippen LogP contribution >= 0.6 is 0 Å². The Balaban J connectivity index is 1.74. The highest BCUT2D eigenvalue weighted by molar-refractivity contribution is 5.76. The molecule has 5 rings (SSSR count). The number of carbonyl (C=O) groups excluding carboxylic acids is 1. The number of fused-ring (bicyclic) bond motifs is 3. The summed E-state index contributed by atoms with van der Waals surface area (Å²) in [5.74, 6) is 1.01. The van der Waals surface area contributed by atoms with Crippen molar-refractivity contribution in [3.8, 4) is 11.5 Å². The molecule has 0 spiro atoms. The molecule has 1 atom stereocenters. The minimum atomic E-state index is -0.214. The van der Waals surface area contributed by atoms with Gasteiger partial charge in [0.1, 0.15) is 5.82 Å². The highest BCUT2D eigenvalue weighted by Gasteiger charge is 2.36. The third-order valence-electron chi connectivity index (χ3n) is 6.48. The molecule has 0 aliphatic carbocycles. The first-order valence-electron chi connectivity index (χ1n) is 12.1. The molecule has 3 heterocycles. The summed E-state index contributed by atoms with van der Waals surface area (Å²) in [4.78, 5) is 15.5. The van der Waals surface area contributed by atoms with E-state index in [1.807, 2.05) is 27.8 Å². The predicted molar refractivity (Wildman–Crippen MR) is 135 cm³/mol. The molecule has 0 bridgehead atoms. The van der Waals surface area contributed by atoms with E-state index in [9.17, 15) is 4.79 Å². The van der Waals surface area contributed by atoms with Crippen molar-refractivity contribution in [2.45, 2.75) is 46.2 Å². The maximum atomic E-state index is 13.6. The predicted octanol–water partition coefficient (Wildman–Crippen LogP) is 5.56. The fourth-order valence-electron chi connectivity index (χ4n) is 4.78. The van der Waals surface area contributed by atoms with E-state index in [1.54, 1.807) is 0 Å². The Morgan fingerprint density at radius 1 is 1.03 bits per heavy atom. The lowest BCUT2D eigenvalue weighted by molar-refractivity contribution is 0.180. The van der Waals surface area contributed by atoms with E-state index in [-0.39, 0.29) is 12.1 Å². The second-order valence-electron chi connectivity index (χ2n) is 8.83. The molecule has 1 aliphatic rings. The SMILES string of the molecule is CCCNC(=O)N1Cc2c(CC)nn(-c3ccccc3)c2-n2cccc2[C@H]1c1ccc(C)cc1. The van der Waals surface area contributed by atoms with Gasteiger partial charge in [-0.2, -0.15) is 5.10 Å². The molecule has 6 nitrogen and oxygen atoms in total. The van der Waals surface area contributed by atoms with Gasteiger partial charge in [-0.05, 0) is 49.6 Å². The molecule has 0 saturated heterocycles. The zero-order valence-electron chi connectivity index (χ0n) is 20.0. The molecule has 1 N–H and O–H groups in total. The number of nitrogens with zero attached hydrogens (tertiary/aromatic N) is 4. The van der Waals surface area contributed by atoms with Gasteiger partial charge in [-0.3, -0.25) is 0 Å². The van der Waals surface area contributed by atoms with Crippen molar-refractivity contribution in [2.24, 2.45) is 0 Å². The van der Waals surface area contributed by atoms with Crippen LogP contribution in [-0.2, 0) is 13.0 Å². The smallest absolute Gasteiger partial charge is 0.318 e. The van der Waals surface area contributed by atoms with Crippen LogP contribution in [0.3, 0.4) is 0 Å². The van der Waals surface area contributed by atoms with Crippen LogP contribution in [0, 0.1) is 6.92 Å². The number of urea groups is 1. The number of hydrogen-bond acceptors (Lipinski definition) is 2. The number of amides is 2. The number of rotatable bonds is 5. The summed E-state index contributed by atoms with van der Waals surface area (Å²) in [6.07, 6.45) is 3.77. The molecular formula is C28H31N5O. The first-order chi connectivity index (χ1) is 16.6. The van der Waals surface area contributed by atoms with Crippen LogP contribution in [0.5, 0.6) is 0 Å². The van der Waals surface area contributed by atoms with Crippen molar-refractivity contribution in [2.75, 3.05) is 6.54 Å². The molecule has 0 radical (unpaired) electrons. The van der Waals surface area contributed by atoms with E-state index in [0.717, 1.165) is 46.9 Å². The summed E-state index contributed by atoms with van der Waals surface area (Å²) < 4.78 is 4.24. The summed E-state index contributed by atoms with van der Waals surface area (Å²) >= 11 is 0. The molecule has 2 amide bonds. The molecule has 6 heteroatoms. The minimum absolute atomic E-state index is 0.0532. The van der Waals surface area contributed by atoms with E-state index in [1.165, 1.54) is 5.56 Å². The van der Waals surface area contributed by atoms with Crippen LogP contribution in [0.25, 0.3) is 11.5 Å². The highest BCUT2D eigenvalue weighted by atomic mass is 16.2. The number of aromatic nitrogens is 3. The summed E-state index contributed by atoms with van der Waals surface area (Å²) in [5, 5.41) is 8.12. The topological polar surface area (TPSA) is 55.1 Å². The lowest BCUT2D eigenvalue weighted by Gasteiger charge is -2.31. The van der Waals surface area contributed by atoms with Gasteiger partial charge in [0, 0.05) is 18.3 Å². The molecule has 0 saturated carbocycles. The molecular weight excluding hydrogens is 422 g/mol. The van der Waals surface area contributed by atoms with Gasteiger partial charge in [0.25, 0.3) is 0 Å². The highest BCUT2D eigenvalue weighted by Crippen LogP contribution is 2.38.